The van der Waals surface area contributed by atoms with Crippen LogP contribution in [0.5, 0.6) is 5.75 Å². The molecule has 1 N–H and O–H groups in total. The van der Waals surface area contributed by atoms with Gasteiger partial charge in [0.1, 0.15) is 11.3 Å². The van der Waals surface area contributed by atoms with Crippen molar-refractivity contribution in [3.05, 3.63) is 22.7 Å². The summed E-state index contributed by atoms with van der Waals surface area (Å²) in [6.45, 7) is 1.94. The highest BCUT2D eigenvalue weighted by Gasteiger charge is 2.17. The van der Waals surface area contributed by atoms with Gasteiger partial charge in [0.25, 0.3) is 0 Å². The highest BCUT2D eigenvalue weighted by Crippen LogP contribution is 2.31. The number of ether oxygens (including phenoxy) is 2. The molecule has 1 aromatic rings. The molecule has 0 aliphatic carbocycles. The third-order valence-electron chi connectivity index (χ3n) is 2.38. The van der Waals surface area contributed by atoms with Crippen molar-refractivity contribution in [2.24, 2.45) is 0 Å². The van der Waals surface area contributed by atoms with E-state index in [4.69, 9.17) is 32.7 Å². The van der Waals surface area contributed by atoms with Crippen LogP contribution in [-0.4, -0.2) is 31.5 Å². The molecular weight excluding hydrogens is 305 g/mol. The Hall–Kier alpha value is -1.46. The zero-order valence-electron chi connectivity index (χ0n) is 11.2. The van der Waals surface area contributed by atoms with Crippen molar-refractivity contribution in [1.82, 2.24) is 0 Å². The molecular formula is C13H15Cl2NO4. The maximum Gasteiger partial charge on any atom is 0.341 e. The molecule has 1 rings (SSSR count). The van der Waals surface area contributed by atoms with Gasteiger partial charge in [-0.1, -0.05) is 11.6 Å². The van der Waals surface area contributed by atoms with Gasteiger partial charge in [-0.25, -0.2) is 4.79 Å². The van der Waals surface area contributed by atoms with Gasteiger partial charge in [0.2, 0.25) is 5.91 Å². The van der Waals surface area contributed by atoms with Crippen LogP contribution in [0.25, 0.3) is 0 Å². The first-order valence-electron chi connectivity index (χ1n) is 5.94. The number of methoxy groups -OCH3 is 1. The predicted molar refractivity (Wildman–Crippen MR) is 77.9 cm³/mol. The molecule has 1 amide bonds. The first-order valence-corrected chi connectivity index (χ1v) is 6.85. The Bertz CT molecular complexity index is 505. The summed E-state index contributed by atoms with van der Waals surface area (Å²) in [4.78, 5) is 23.2. The van der Waals surface area contributed by atoms with E-state index in [9.17, 15) is 9.59 Å². The normalized spacial score (nSPS) is 10.0. The Morgan fingerprint density at radius 3 is 2.60 bits per heavy atom. The highest BCUT2D eigenvalue weighted by atomic mass is 35.5. The van der Waals surface area contributed by atoms with Crippen LogP contribution < -0.4 is 10.1 Å². The monoisotopic (exact) mass is 319 g/mol. The molecule has 0 heterocycles. The van der Waals surface area contributed by atoms with Gasteiger partial charge in [-0.05, 0) is 13.0 Å². The largest absolute Gasteiger partial charge is 0.496 e. The van der Waals surface area contributed by atoms with Crippen LogP contribution in [-0.2, 0) is 9.53 Å². The van der Waals surface area contributed by atoms with E-state index < -0.39 is 5.97 Å². The number of alkyl halides is 1. The number of hydrogen-bond donors (Lipinski definition) is 1. The van der Waals surface area contributed by atoms with Crippen LogP contribution in [0, 0.1) is 0 Å². The standard InChI is InChI=1S/C13H15Cl2NO4/c1-3-20-13(18)8-6-9(15)10(7-11(8)19-2)16-12(17)4-5-14/h6-7H,3-5H2,1-2H3,(H,16,17). The maximum absolute atomic E-state index is 11.7. The van der Waals surface area contributed by atoms with Crippen LogP contribution in [0.4, 0.5) is 5.69 Å². The second kappa shape index (κ2) is 7.97. The van der Waals surface area contributed by atoms with Gasteiger partial charge in [-0.3, -0.25) is 4.79 Å². The van der Waals surface area contributed by atoms with Gasteiger partial charge in [0.05, 0.1) is 24.4 Å². The lowest BCUT2D eigenvalue weighted by Crippen LogP contribution is -2.13. The van der Waals surface area contributed by atoms with E-state index >= 15 is 0 Å². The smallest absolute Gasteiger partial charge is 0.341 e. The number of hydrogen-bond acceptors (Lipinski definition) is 4. The molecule has 0 aliphatic rings. The molecule has 0 aromatic heterocycles. The number of anilines is 1. The Balaban J connectivity index is 3.06. The Labute approximate surface area is 127 Å². The van der Waals surface area contributed by atoms with Gasteiger partial charge in [-0.15, -0.1) is 11.6 Å². The van der Waals surface area contributed by atoms with Gasteiger partial charge < -0.3 is 14.8 Å². The molecule has 0 radical (unpaired) electrons. The molecule has 0 aliphatic heterocycles. The van der Waals surface area contributed by atoms with E-state index in [0.717, 1.165) is 0 Å². The van der Waals surface area contributed by atoms with E-state index in [2.05, 4.69) is 5.32 Å². The number of amides is 1. The summed E-state index contributed by atoms with van der Waals surface area (Å²) in [5.41, 5.74) is 0.557. The second-order valence-corrected chi connectivity index (χ2v) is 4.53. The molecule has 0 atom stereocenters. The van der Waals surface area contributed by atoms with Crippen molar-refractivity contribution in [3.63, 3.8) is 0 Å². The third kappa shape index (κ3) is 4.28. The quantitative estimate of drug-likeness (QED) is 0.646. The number of esters is 1. The van der Waals surface area contributed by atoms with Crippen molar-refractivity contribution in [2.45, 2.75) is 13.3 Å². The molecule has 0 fully saturated rings. The molecule has 0 saturated carbocycles. The van der Waals surface area contributed by atoms with Crippen molar-refractivity contribution in [1.29, 1.82) is 0 Å². The fraction of sp³-hybridized carbons (Fsp3) is 0.385. The van der Waals surface area contributed by atoms with Gasteiger partial charge >= 0.3 is 5.97 Å². The zero-order chi connectivity index (χ0) is 15.1. The summed E-state index contributed by atoms with van der Waals surface area (Å²) in [7, 11) is 1.41. The highest BCUT2D eigenvalue weighted by molar-refractivity contribution is 6.34. The summed E-state index contributed by atoms with van der Waals surface area (Å²) in [6.07, 6.45) is 0.166. The summed E-state index contributed by atoms with van der Waals surface area (Å²) in [6, 6.07) is 2.87. The number of carbonyl (C=O) groups excluding carboxylic acids is 2. The van der Waals surface area contributed by atoms with Gasteiger partial charge in [0, 0.05) is 18.4 Å². The fourth-order valence-electron chi connectivity index (χ4n) is 1.48. The molecule has 1 aromatic carbocycles. The summed E-state index contributed by atoms with van der Waals surface area (Å²) in [5, 5.41) is 2.82. The van der Waals surface area contributed by atoms with Gasteiger partial charge in [-0.2, -0.15) is 0 Å². The lowest BCUT2D eigenvalue weighted by molar-refractivity contribution is -0.115. The van der Waals surface area contributed by atoms with Crippen LogP contribution in [0.2, 0.25) is 5.02 Å². The molecule has 0 unspecified atom stereocenters. The molecule has 0 bridgehead atoms. The first-order chi connectivity index (χ1) is 9.53. The fourth-order valence-corrected chi connectivity index (χ4v) is 1.87. The second-order valence-electron chi connectivity index (χ2n) is 3.74. The average Bonchev–Trinajstić information content (AvgIpc) is 2.41. The summed E-state index contributed by atoms with van der Waals surface area (Å²) in [5.74, 6) is -0.326. The van der Waals surface area contributed by atoms with E-state index in [1.807, 2.05) is 0 Å². The number of benzene rings is 1. The van der Waals surface area contributed by atoms with Crippen molar-refractivity contribution < 1.29 is 19.1 Å². The predicted octanol–water partition coefficient (Wildman–Crippen LogP) is 3.09. The van der Waals surface area contributed by atoms with Crippen molar-refractivity contribution in [3.8, 4) is 5.75 Å². The number of nitrogens with one attached hydrogen (secondary N) is 1. The molecule has 20 heavy (non-hydrogen) atoms. The maximum atomic E-state index is 11.7. The third-order valence-corrected chi connectivity index (χ3v) is 2.88. The molecule has 7 heteroatoms. The van der Waals surface area contributed by atoms with E-state index in [1.54, 1.807) is 6.92 Å². The van der Waals surface area contributed by atoms with E-state index in [-0.39, 0.29) is 41.2 Å². The minimum atomic E-state index is -0.537. The first kappa shape index (κ1) is 16.6. The van der Waals surface area contributed by atoms with Crippen LogP contribution in [0.15, 0.2) is 12.1 Å². The lowest BCUT2D eigenvalue weighted by Gasteiger charge is -2.12. The molecule has 5 nitrogen and oxygen atoms in total. The van der Waals surface area contributed by atoms with E-state index in [0.29, 0.717) is 5.69 Å². The van der Waals surface area contributed by atoms with Gasteiger partial charge in [0.15, 0.2) is 0 Å². The number of halogens is 2. The molecule has 0 spiro atoms. The number of carbonyl (C=O) groups is 2. The SMILES string of the molecule is CCOC(=O)c1cc(Cl)c(NC(=O)CCCl)cc1OC. The molecule has 110 valence electrons. The van der Waals surface area contributed by atoms with Crippen molar-refractivity contribution >= 4 is 40.8 Å². The summed E-state index contributed by atoms with van der Waals surface area (Å²) >= 11 is 11.5. The Morgan fingerprint density at radius 2 is 2.05 bits per heavy atom. The van der Waals surface area contributed by atoms with Crippen LogP contribution >= 0.6 is 23.2 Å². The lowest BCUT2D eigenvalue weighted by atomic mass is 10.1. The Morgan fingerprint density at radius 1 is 1.35 bits per heavy atom. The topological polar surface area (TPSA) is 64.6 Å². The van der Waals surface area contributed by atoms with Crippen molar-refractivity contribution in [2.75, 3.05) is 24.9 Å². The molecule has 0 saturated heterocycles. The number of rotatable bonds is 6. The average molecular weight is 320 g/mol. The zero-order valence-corrected chi connectivity index (χ0v) is 12.7. The Kier molecular flexibility index (Phi) is 6.61. The minimum absolute atomic E-state index is 0.166. The summed E-state index contributed by atoms with van der Waals surface area (Å²) < 4.78 is 10.0. The van der Waals surface area contributed by atoms with E-state index in [1.165, 1.54) is 19.2 Å². The van der Waals surface area contributed by atoms with Crippen LogP contribution in [0.3, 0.4) is 0 Å². The van der Waals surface area contributed by atoms with Crippen LogP contribution in [0.1, 0.15) is 23.7 Å². The minimum Gasteiger partial charge on any atom is -0.496 e.